The third kappa shape index (κ3) is 5.15. The summed E-state index contributed by atoms with van der Waals surface area (Å²) < 4.78 is 12.5. The number of nitrogens with one attached hydrogen (secondary N) is 2. The molecular formula is C20H21ClN4O2S. The van der Waals surface area contributed by atoms with Gasteiger partial charge >= 0.3 is 0 Å². The molecule has 0 unspecified atom stereocenters. The minimum atomic E-state index is 0.423. The molecule has 0 fully saturated rings. The van der Waals surface area contributed by atoms with Crippen LogP contribution in [0.5, 0.6) is 11.5 Å². The van der Waals surface area contributed by atoms with Gasteiger partial charge in [-0.2, -0.15) is 5.10 Å². The van der Waals surface area contributed by atoms with Gasteiger partial charge in [0.15, 0.2) is 10.9 Å². The van der Waals surface area contributed by atoms with Gasteiger partial charge < -0.3 is 20.1 Å². The maximum absolute atomic E-state index is 5.94. The van der Waals surface area contributed by atoms with Crippen molar-refractivity contribution >= 4 is 40.4 Å². The fourth-order valence-electron chi connectivity index (χ4n) is 2.65. The Morgan fingerprint density at radius 1 is 1.04 bits per heavy atom. The smallest absolute Gasteiger partial charge is 0.176 e. The van der Waals surface area contributed by atoms with E-state index < -0.39 is 0 Å². The molecule has 8 heteroatoms. The average Bonchev–Trinajstić information content (AvgIpc) is 3.01. The molecule has 3 aromatic rings. The SMILES string of the molecule is COc1cc(NC(=S)Nc2cc(C)n(Cc3ccc(Cl)cc3)n2)cc(OC)c1. The van der Waals surface area contributed by atoms with E-state index in [0.29, 0.717) is 34.0 Å². The second-order valence-electron chi connectivity index (χ2n) is 6.14. The van der Waals surface area contributed by atoms with Gasteiger partial charge in [-0.05, 0) is 36.8 Å². The summed E-state index contributed by atoms with van der Waals surface area (Å²) in [5.41, 5.74) is 2.89. The van der Waals surface area contributed by atoms with Gasteiger partial charge in [-0.1, -0.05) is 23.7 Å². The van der Waals surface area contributed by atoms with Gasteiger partial charge in [0.1, 0.15) is 11.5 Å². The molecule has 0 bridgehead atoms. The summed E-state index contributed by atoms with van der Waals surface area (Å²) in [4.78, 5) is 0. The Morgan fingerprint density at radius 2 is 1.68 bits per heavy atom. The van der Waals surface area contributed by atoms with Gasteiger partial charge in [0.05, 0.1) is 20.8 Å². The fraction of sp³-hybridized carbons (Fsp3) is 0.200. The molecule has 0 saturated heterocycles. The minimum absolute atomic E-state index is 0.423. The Morgan fingerprint density at radius 3 is 2.29 bits per heavy atom. The molecule has 0 radical (unpaired) electrons. The molecule has 0 aliphatic rings. The van der Waals surface area contributed by atoms with Crippen molar-refractivity contribution in [3.63, 3.8) is 0 Å². The maximum atomic E-state index is 5.94. The van der Waals surface area contributed by atoms with Crippen molar-refractivity contribution in [2.45, 2.75) is 13.5 Å². The summed E-state index contributed by atoms with van der Waals surface area (Å²) in [5.74, 6) is 2.01. The molecule has 1 aromatic heterocycles. The Kier molecular flexibility index (Phi) is 6.38. The van der Waals surface area contributed by atoms with Crippen LogP contribution in [0.2, 0.25) is 5.02 Å². The van der Waals surface area contributed by atoms with Crippen molar-refractivity contribution < 1.29 is 9.47 Å². The molecule has 0 spiro atoms. The summed E-state index contributed by atoms with van der Waals surface area (Å²) in [7, 11) is 3.20. The van der Waals surface area contributed by atoms with E-state index in [4.69, 9.17) is 33.3 Å². The number of hydrogen-bond acceptors (Lipinski definition) is 4. The molecule has 2 aromatic carbocycles. The predicted molar refractivity (Wildman–Crippen MR) is 117 cm³/mol. The Balaban J connectivity index is 1.67. The van der Waals surface area contributed by atoms with Crippen LogP contribution in [0.1, 0.15) is 11.3 Å². The van der Waals surface area contributed by atoms with E-state index in [9.17, 15) is 0 Å². The number of thiocarbonyl (C=S) groups is 1. The van der Waals surface area contributed by atoms with Gasteiger partial charge in [0.25, 0.3) is 0 Å². The summed E-state index contributed by atoms with van der Waals surface area (Å²) in [6, 6.07) is 15.1. The quantitative estimate of drug-likeness (QED) is 0.567. The topological polar surface area (TPSA) is 60.3 Å². The van der Waals surface area contributed by atoms with E-state index in [1.165, 1.54) is 0 Å². The number of aromatic nitrogens is 2. The van der Waals surface area contributed by atoms with Crippen molar-refractivity contribution in [1.29, 1.82) is 0 Å². The summed E-state index contributed by atoms with van der Waals surface area (Å²) in [6.45, 7) is 2.65. The second-order valence-corrected chi connectivity index (χ2v) is 6.98. The first-order chi connectivity index (χ1) is 13.5. The van der Waals surface area contributed by atoms with Crippen LogP contribution in [0.3, 0.4) is 0 Å². The second kappa shape index (κ2) is 8.95. The van der Waals surface area contributed by atoms with Crippen molar-refractivity contribution in [1.82, 2.24) is 9.78 Å². The van der Waals surface area contributed by atoms with E-state index in [1.807, 2.05) is 54.1 Å². The van der Waals surface area contributed by atoms with Crippen molar-refractivity contribution in [2.75, 3.05) is 24.9 Å². The molecule has 2 N–H and O–H groups in total. The molecular weight excluding hydrogens is 396 g/mol. The standard InChI is InChI=1S/C20H21ClN4O2S/c1-13-8-19(24-25(13)12-14-4-6-15(21)7-5-14)23-20(28)22-16-9-17(26-2)11-18(10-16)27-3/h4-11H,12H2,1-3H3,(H2,22,23,24,28). The van der Waals surface area contributed by atoms with E-state index in [-0.39, 0.29) is 0 Å². The average molecular weight is 417 g/mol. The Hall–Kier alpha value is -2.77. The lowest BCUT2D eigenvalue weighted by atomic mass is 10.2. The van der Waals surface area contributed by atoms with Crippen LogP contribution in [-0.4, -0.2) is 29.1 Å². The van der Waals surface area contributed by atoms with E-state index >= 15 is 0 Å². The lowest BCUT2D eigenvalue weighted by Gasteiger charge is -2.11. The molecule has 0 aliphatic carbocycles. The van der Waals surface area contributed by atoms with Gasteiger partial charge in [-0.3, -0.25) is 4.68 Å². The number of ether oxygens (including phenoxy) is 2. The van der Waals surface area contributed by atoms with E-state index in [1.54, 1.807) is 20.3 Å². The zero-order chi connectivity index (χ0) is 20.1. The van der Waals surface area contributed by atoms with Gasteiger partial charge in [0, 0.05) is 40.7 Å². The third-order valence-electron chi connectivity index (χ3n) is 4.08. The molecule has 146 valence electrons. The third-order valence-corrected chi connectivity index (χ3v) is 4.53. The summed E-state index contributed by atoms with van der Waals surface area (Å²) >= 11 is 11.3. The fourth-order valence-corrected chi connectivity index (χ4v) is 3.00. The largest absolute Gasteiger partial charge is 0.497 e. The minimum Gasteiger partial charge on any atom is -0.497 e. The lowest BCUT2D eigenvalue weighted by Crippen LogP contribution is -2.19. The first kappa shape index (κ1) is 20.0. The van der Waals surface area contributed by atoms with Crippen molar-refractivity contribution in [3.05, 3.63) is 64.8 Å². The van der Waals surface area contributed by atoms with Crippen molar-refractivity contribution in [2.24, 2.45) is 0 Å². The predicted octanol–water partition coefficient (Wildman–Crippen LogP) is 4.72. The summed E-state index contributed by atoms with van der Waals surface area (Å²) in [5, 5.41) is 11.9. The molecule has 1 heterocycles. The number of halogens is 1. The lowest BCUT2D eigenvalue weighted by molar-refractivity contribution is 0.395. The number of nitrogens with zero attached hydrogens (tertiary/aromatic N) is 2. The zero-order valence-corrected chi connectivity index (χ0v) is 17.4. The normalized spacial score (nSPS) is 10.4. The van der Waals surface area contributed by atoms with Gasteiger partial charge in [-0.15, -0.1) is 0 Å². The van der Waals surface area contributed by atoms with Crippen LogP contribution in [-0.2, 0) is 6.54 Å². The number of benzene rings is 2. The highest BCUT2D eigenvalue weighted by atomic mass is 35.5. The highest BCUT2D eigenvalue weighted by Crippen LogP contribution is 2.26. The van der Waals surface area contributed by atoms with Crippen LogP contribution in [0, 0.1) is 6.92 Å². The number of methoxy groups -OCH3 is 2. The molecule has 0 amide bonds. The van der Waals surface area contributed by atoms with Crippen LogP contribution in [0.4, 0.5) is 11.5 Å². The Labute approximate surface area is 174 Å². The molecule has 0 aliphatic heterocycles. The first-order valence-corrected chi connectivity index (χ1v) is 9.35. The first-order valence-electron chi connectivity index (χ1n) is 8.57. The van der Waals surface area contributed by atoms with Crippen LogP contribution >= 0.6 is 23.8 Å². The monoisotopic (exact) mass is 416 g/mol. The van der Waals surface area contributed by atoms with Crippen LogP contribution in [0.25, 0.3) is 0 Å². The molecule has 28 heavy (non-hydrogen) atoms. The number of aryl methyl sites for hydroxylation is 1. The molecule has 6 nitrogen and oxygen atoms in total. The van der Waals surface area contributed by atoms with E-state index in [2.05, 4.69) is 15.7 Å². The number of anilines is 2. The highest BCUT2D eigenvalue weighted by molar-refractivity contribution is 7.80. The van der Waals surface area contributed by atoms with Gasteiger partial charge in [-0.25, -0.2) is 0 Å². The summed E-state index contributed by atoms with van der Waals surface area (Å²) in [6.07, 6.45) is 0. The number of hydrogen-bond donors (Lipinski definition) is 2. The van der Waals surface area contributed by atoms with E-state index in [0.717, 1.165) is 16.9 Å². The maximum Gasteiger partial charge on any atom is 0.176 e. The molecule has 0 atom stereocenters. The molecule has 0 saturated carbocycles. The Bertz CT molecular complexity index is 951. The molecule has 3 rings (SSSR count). The highest BCUT2D eigenvalue weighted by Gasteiger charge is 2.08. The van der Waals surface area contributed by atoms with Crippen LogP contribution < -0.4 is 20.1 Å². The zero-order valence-electron chi connectivity index (χ0n) is 15.8. The number of rotatable bonds is 6. The van der Waals surface area contributed by atoms with Crippen molar-refractivity contribution in [3.8, 4) is 11.5 Å². The van der Waals surface area contributed by atoms with Gasteiger partial charge in [0.2, 0.25) is 0 Å². The van der Waals surface area contributed by atoms with Crippen LogP contribution in [0.15, 0.2) is 48.5 Å².